The van der Waals surface area contributed by atoms with Crippen molar-refractivity contribution in [1.29, 1.82) is 0 Å². The van der Waals surface area contributed by atoms with Gasteiger partial charge in [-0.25, -0.2) is 9.78 Å². The number of nitrogens with one attached hydrogen (secondary N) is 4. The minimum Gasteiger partial charge on any atom is -0.481 e. The molecule has 1 aromatic rings. The number of aliphatic carboxylic acids is 2. The number of aliphatic imine (C=N–C) groups is 1. The Labute approximate surface area is 224 Å². The third-order valence-corrected chi connectivity index (χ3v) is 5.48. The lowest BCUT2D eigenvalue weighted by atomic mass is 10.0. The smallest absolute Gasteiger partial charge is 0.326 e. The van der Waals surface area contributed by atoms with Crippen molar-refractivity contribution in [2.45, 2.75) is 69.1 Å². The van der Waals surface area contributed by atoms with Crippen molar-refractivity contribution in [3.8, 4) is 0 Å². The van der Waals surface area contributed by atoms with Crippen molar-refractivity contribution in [3.63, 3.8) is 0 Å². The predicted octanol–water partition coefficient (Wildman–Crippen LogP) is -3.52. The second-order valence-corrected chi connectivity index (χ2v) is 8.74. The van der Waals surface area contributed by atoms with Crippen LogP contribution >= 0.6 is 0 Å². The zero-order valence-electron chi connectivity index (χ0n) is 21.5. The molecule has 4 unspecified atom stereocenters. The van der Waals surface area contributed by atoms with Crippen LogP contribution < -0.4 is 38.9 Å². The number of nitrogens with zero attached hydrogens (tertiary/aromatic N) is 2. The number of carbonyl (C=O) groups excluding carboxylic acids is 3. The summed E-state index contributed by atoms with van der Waals surface area (Å²) in [5.41, 5.74) is 22.2. The van der Waals surface area contributed by atoms with Gasteiger partial charge in [-0.3, -0.25) is 24.2 Å². The summed E-state index contributed by atoms with van der Waals surface area (Å²) in [5, 5.41) is 25.9. The largest absolute Gasteiger partial charge is 0.481 e. The van der Waals surface area contributed by atoms with E-state index in [0.717, 1.165) is 0 Å². The van der Waals surface area contributed by atoms with Crippen LogP contribution in [0.5, 0.6) is 0 Å². The van der Waals surface area contributed by atoms with Crippen LogP contribution in [0.2, 0.25) is 0 Å². The first kappa shape index (κ1) is 32.8. The molecule has 1 heterocycles. The molecule has 218 valence electrons. The number of H-pyrrole nitrogens is 1. The van der Waals surface area contributed by atoms with Crippen molar-refractivity contribution < 1.29 is 34.2 Å². The summed E-state index contributed by atoms with van der Waals surface area (Å²) in [6.45, 7) is 0.474. The molecule has 0 aromatic carbocycles. The lowest BCUT2D eigenvalue weighted by Gasteiger charge is -2.25. The van der Waals surface area contributed by atoms with E-state index in [0.29, 0.717) is 25.1 Å². The fraction of sp³-hybridized carbons (Fsp3) is 0.591. The van der Waals surface area contributed by atoms with Gasteiger partial charge in [-0.1, -0.05) is 0 Å². The molecule has 1 rings (SSSR count). The fourth-order valence-corrected chi connectivity index (χ4v) is 3.45. The highest BCUT2D eigenvalue weighted by Crippen LogP contribution is 2.07. The van der Waals surface area contributed by atoms with Crippen molar-refractivity contribution in [2.24, 2.45) is 27.9 Å². The van der Waals surface area contributed by atoms with E-state index in [2.05, 4.69) is 30.9 Å². The molecule has 0 fully saturated rings. The average Bonchev–Trinajstić information content (AvgIpc) is 3.37. The van der Waals surface area contributed by atoms with Crippen LogP contribution in [0, 0.1) is 0 Å². The molecule has 0 saturated carbocycles. The van der Waals surface area contributed by atoms with Crippen molar-refractivity contribution >= 4 is 35.6 Å². The number of carboxylic acids is 2. The summed E-state index contributed by atoms with van der Waals surface area (Å²) in [6, 6.07) is -5.09. The number of imidazole rings is 1. The summed E-state index contributed by atoms with van der Waals surface area (Å²) in [7, 11) is 0. The van der Waals surface area contributed by atoms with Crippen molar-refractivity contribution in [1.82, 2.24) is 25.9 Å². The average molecular weight is 555 g/mol. The second-order valence-electron chi connectivity index (χ2n) is 8.74. The molecule has 4 atom stereocenters. The minimum atomic E-state index is -1.42. The van der Waals surface area contributed by atoms with Gasteiger partial charge in [-0.2, -0.15) is 0 Å². The van der Waals surface area contributed by atoms with E-state index in [1.807, 2.05) is 0 Å². The first-order valence-electron chi connectivity index (χ1n) is 12.3. The number of guanidine groups is 1. The lowest BCUT2D eigenvalue weighted by molar-refractivity contribution is -0.142. The number of carbonyl (C=O) groups is 5. The van der Waals surface area contributed by atoms with E-state index in [1.165, 1.54) is 12.5 Å². The molecule has 0 radical (unpaired) electrons. The van der Waals surface area contributed by atoms with Crippen LogP contribution in [0.15, 0.2) is 17.5 Å². The Hall–Kier alpha value is -4.25. The summed E-state index contributed by atoms with van der Waals surface area (Å²) < 4.78 is 0. The van der Waals surface area contributed by atoms with Gasteiger partial charge in [0.05, 0.1) is 18.8 Å². The number of aromatic amines is 1. The number of unbranched alkanes of at least 4 members (excludes halogenated alkanes) is 1. The van der Waals surface area contributed by atoms with Crippen molar-refractivity contribution in [3.05, 3.63) is 18.2 Å². The molecule has 0 aliphatic heterocycles. The highest BCUT2D eigenvalue weighted by atomic mass is 16.4. The maximum Gasteiger partial charge on any atom is 0.326 e. The van der Waals surface area contributed by atoms with E-state index in [9.17, 15) is 29.1 Å². The zero-order valence-corrected chi connectivity index (χ0v) is 21.5. The normalized spacial score (nSPS) is 13.8. The summed E-state index contributed by atoms with van der Waals surface area (Å²) in [5.74, 6) is -5.14. The molecular weight excluding hydrogens is 516 g/mol. The van der Waals surface area contributed by atoms with Gasteiger partial charge in [0.1, 0.15) is 18.1 Å². The van der Waals surface area contributed by atoms with Crippen LogP contribution in [0.3, 0.4) is 0 Å². The number of rotatable bonds is 19. The SMILES string of the molecule is NCCCCC(NC(=O)C(CCCN=C(N)N)NC(=O)C(N)CC(=O)O)C(=O)NC(Cc1cnc[nH]1)C(=O)O. The number of carboxylic acid groups (broad SMARTS) is 2. The third-order valence-electron chi connectivity index (χ3n) is 5.48. The maximum atomic E-state index is 13.2. The molecule has 17 nitrogen and oxygen atoms in total. The molecule has 0 aliphatic rings. The number of aromatic nitrogens is 2. The van der Waals surface area contributed by atoms with Gasteiger partial charge in [0.15, 0.2) is 5.96 Å². The van der Waals surface area contributed by atoms with Gasteiger partial charge in [0, 0.05) is 24.9 Å². The van der Waals surface area contributed by atoms with E-state index >= 15 is 0 Å². The van der Waals surface area contributed by atoms with Crippen LogP contribution in [-0.2, 0) is 30.4 Å². The van der Waals surface area contributed by atoms with E-state index in [1.54, 1.807) is 0 Å². The molecular formula is C22H38N10O7. The Balaban J connectivity index is 3.03. The Morgan fingerprint density at radius 3 is 2.03 bits per heavy atom. The molecule has 17 heteroatoms. The van der Waals surface area contributed by atoms with E-state index < -0.39 is 60.2 Å². The van der Waals surface area contributed by atoms with Gasteiger partial charge in [-0.05, 0) is 38.6 Å². The zero-order chi connectivity index (χ0) is 29.4. The Bertz CT molecular complexity index is 982. The first-order valence-corrected chi connectivity index (χ1v) is 12.3. The van der Waals surface area contributed by atoms with Crippen molar-refractivity contribution in [2.75, 3.05) is 13.1 Å². The first-order chi connectivity index (χ1) is 18.4. The number of hydrogen-bond donors (Lipinski definition) is 10. The standard InChI is InChI=1S/C22H38N10O7/c23-6-2-1-4-14(20(37)32-16(21(38)39)8-12-10-27-11-29-12)31-19(36)15(5-3-7-28-22(25)26)30-18(35)13(24)9-17(33)34/h10-11,13-16H,1-9,23-24H2,(H,27,29)(H,30,35)(H,31,36)(H,32,37)(H,33,34)(H,38,39)(H4,25,26,28). The molecule has 0 aliphatic carbocycles. The second kappa shape index (κ2) is 17.3. The molecule has 14 N–H and O–H groups in total. The quantitative estimate of drug-likeness (QED) is 0.0452. The molecule has 3 amide bonds. The van der Waals surface area contributed by atoms with Crippen LogP contribution in [-0.4, -0.2) is 93.1 Å². The van der Waals surface area contributed by atoms with Gasteiger partial charge in [0.25, 0.3) is 0 Å². The predicted molar refractivity (Wildman–Crippen MR) is 139 cm³/mol. The van der Waals surface area contributed by atoms with Gasteiger partial charge in [0.2, 0.25) is 17.7 Å². The number of nitrogens with two attached hydrogens (primary N) is 4. The highest BCUT2D eigenvalue weighted by molar-refractivity contribution is 5.94. The number of hydrogen-bond acceptors (Lipinski definition) is 9. The fourth-order valence-electron chi connectivity index (χ4n) is 3.45. The van der Waals surface area contributed by atoms with Gasteiger partial charge < -0.3 is 54.1 Å². The lowest BCUT2D eigenvalue weighted by Crippen LogP contribution is -2.57. The summed E-state index contributed by atoms with van der Waals surface area (Å²) >= 11 is 0. The Kier molecular flexibility index (Phi) is 14.5. The summed E-state index contributed by atoms with van der Waals surface area (Å²) in [6.07, 6.45) is 3.46. The summed E-state index contributed by atoms with van der Waals surface area (Å²) in [4.78, 5) is 71.7. The maximum absolute atomic E-state index is 13.2. The molecule has 39 heavy (non-hydrogen) atoms. The Morgan fingerprint density at radius 1 is 0.923 bits per heavy atom. The van der Waals surface area contributed by atoms with Crippen LogP contribution in [0.4, 0.5) is 0 Å². The highest BCUT2D eigenvalue weighted by Gasteiger charge is 2.30. The van der Waals surface area contributed by atoms with Crippen LogP contribution in [0.1, 0.15) is 44.2 Å². The number of amides is 3. The molecule has 0 saturated heterocycles. The van der Waals surface area contributed by atoms with E-state index in [-0.39, 0.29) is 38.2 Å². The topological polar surface area (TPSA) is 307 Å². The Morgan fingerprint density at radius 2 is 1.51 bits per heavy atom. The van der Waals surface area contributed by atoms with E-state index in [4.69, 9.17) is 28.0 Å². The minimum absolute atomic E-state index is 0.0306. The molecule has 0 spiro atoms. The van der Waals surface area contributed by atoms with Gasteiger partial charge in [-0.15, -0.1) is 0 Å². The molecule has 0 bridgehead atoms. The van der Waals surface area contributed by atoms with Crippen LogP contribution in [0.25, 0.3) is 0 Å². The van der Waals surface area contributed by atoms with Gasteiger partial charge >= 0.3 is 11.9 Å². The third kappa shape index (κ3) is 13.2. The molecule has 1 aromatic heterocycles. The monoisotopic (exact) mass is 554 g/mol.